The Labute approximate surface area is 151 Å². The maximum atomic E-state index is 13.7. The largest absolute Gasteiger partial charge is 0.324 e. The van der Waals surface area contributed by atoms with Crippen LogP contribution in [0.25, 0.3) is 0 Å². The zero-order valence-corrected chi connectivity index (χ0v) is 16.0. The average Bonchev–Trinajstić information content (AvgIpc) is 2.51. The van der Waals surface area contributed by atoms with Crippen molar-refractivity contribution in [3.8, 4) is 0 Å². The number of thioether (sulfide) groups is 1. The number of amides is 1. The van der Waals surface area contributed by atoms with Crippen LogP contribution >= 0.6 is 11.8 Å². The molecule has 0 radical (unpaired) electrons. The van der Waals surface area contributed by atoms with Gasteiger partial charge in [0.1, 0.15) is 0 Å². The Kier molecular flexibility index (Phi) is 5.92. The maximum absolute atomic E-state index is 13.7. The number of nitrogens with one attached hydrogen (secondary N) is 1. The van der Waals surface area contributed by atoms with Gasteiger partial charge < -0.3 is 5.32 Å². The highest BCUT2D eigenvalue weighted by molar-refractivity contribution is 8.13. The van der Waals surface area contributed by atoms with Gasteiger partial charge in [0.25, 0.3) is 0 Å². The first-order valence-electron chi connectivity index (χ1n) is 8.56. The predicted octanol–water partition coefficient (Wildman–Crippen LogP) is 5.54. The first-order valence-corrected chi connectivity index (χ1v) is 9.37. The van der Waals surface area contributed by atoms with Crippen molar-refractivity contribution >= 4 is 28.5 Å². The SMILES string of the molecule is CC(C)(C)C(=O)Sc1cc(F)c(F)cc1NC(=O)C1(C)CCCCC1. The minimum absolute atomic E-state index is 0.151. The first kappa shape index (κ1) is 19.9. The predicted molar refractivity (Wildman–Crippen MR) is 96.5 cm³/mol. The average molecular weight is 369 g/mol. The Hall–Kier alpha value is -1.43. The van der Waals surface area contributed by atoms with Gasteiger partial charge in [0.15, 0.2) is 16.7 Å². The fourth-order valence-corrected chi connectivity index (χ4v) is 3.68. The molecular formula is C19H25F2NO2S. The van der Waals surface area contributed by atoms with Crippen LogP contribution in [0.2, 0.25) is 0 Å². The van der Waals surface area contributed by atoms with Crippen molar-refractivity contribution in [3.63, 3.8) is 0 Å². The Morgan fingerprint density at radius 3 is 2.20 bits per heavy atom. The molecule has 3 nitrogen and oxygen atoms in total. The molecule has 0 unspecified atom stereocenters. The quantitative estimate of drug-likeness (QED) is 0.712. The number of hydrogen-bond donors (Lipinski definition) is 1. The van der Waals surface area contributed by atoms with E-state index in [1.54, 1.807) is 20.8 Å². The van der Waals surface area contributed by atoms with Crippen LogP contribution in [-0.4, -0.2) is 11.0 Å². The van der Waals surface area contributed by atoms with E-state index in [2.05, 4.69) is 5.32 Å². The van der Waals surface area contributed by atoms with Crippen LogP contribution in [0, 0.1) is 22.5 Å². The van der Waals surface area contributed by atoms with E-state index in [1.165, 1.54) is 0 Å². The standard InChI is InChI=1S/C19H25F2NO2S/c1-18(2,3)17(24)25-15-11-13(21)12(20)10-14(15)22-16(23)19(4)8-6-5-7-9-19/h10-11H,5-9H2,1-4H3,(H,22,23). The highest BCUT2D eigenvalue weighted by Gasteiger charge is 2.35. The number of benzene rings is 1. The van der Waals surface area contributed by atoms with Crippen LogP contribution in [0.5, 0.6) is 0 Å². The lowest BCUT2D eigenvalue weighted by Gasteiger charge is -2.32. The monoisotopic (exact) mass is 369 g/mol. The van der Waals surface area contributed by atoms with Crippen molar-refractivity contribution in [3.05, 3.63) is 23.8 Å². The van der Waals surface area contributed by atoms with E-state index in [0.29, 0.717) is 0 Å². The molecule has 0 atom stereocenters. The summed E-state index contributed by atoms with van der Waals surface area (Å²) < 4.78 is 27.4. The summed E-state index contributed by atoms with van der Waals surface area (Å²) in [7, 11) is 0. The Balaban J connectivity index is 2.28. The first-order chi connectivity index (χ1) is 11.5. The van der Waals surface area contributed by atoms with E-state index in [0.717, 1.165) is 56.0 Å². The Bertz CT molecular complexity index is 677. The summed E-state index contributed by atoms with van der Waals surface area (Å²) in [5.41, 5.74) is -0.996. The molecule has 1 fully saturated rings. The zero-order chi connectivity index (χ0) is 18.8. The van der Waals surface area contributed by atoms with Crippen LogP contribution in [0.4, 0.5) is 14.5 Å². The van der Waals surface area contributed by atoms with E-state index in [9.17, 15) is 18.4 Å². The van der Waals surface area contributed by atoms with E-state index in [-0.39, 0.29) is 21.6 Å². The Morgan fingerprint density at radius 2 is 1.64 bits per heavy atom. The molecule has 1 saturated carbocycles. The van der Waals surface area contributed by atoms with Crippen molar-refractivity contribution < 1.29 is 18.4 Å². The highest BCUT2D eigenvalue weighted by atomic mass is 32.2. The van der Waals surface area contributed by atoms with Crippen LogP contribution in [0.15, 0.2) is 17.0 Å². The fourth-order valence-electron chi connectivity index (χ4n) is 2.80. The molecular weight excluding hydrogens is 344 g/mol. The Morgan fingerprint density at radius 1 is 1.08 bits per heavy atom. The summed E-state index contributed by atoms with van der Waals surface area (Å²) in [6.07, 6.45) is 4.60. The van der Waals surface area contributed by atoms with Gasteiger partial charge in [-0.2, -0.15) is 0 Å². The van der Waals surface area contributed by atoms with Gasteiger partial charge in [-0.05, 0) is 30.7 Å². The van der Waals surface area contributed by atoms with Crippen LogP contribution in [0.3, 0.4) is 0 Å². The fraction of sp³-hybridized carbons (Fsp3) is 0.579. The third kappa shape index (κ3) is 4.81. The van der Waals surface area contributed by atoms with Gasteiger partial charge in [0.2, 0.25) is 5.91 Å². The van der Waals surface area contributed by atoms with Gasteiger partial charge >= 0.3 is 0 Å². The number of anilines is 1. The van der Waals surface area contributed by atoms with Crippen LogP contribution < -0.4 is 5.32 Å². The molecule has 0 aromatic heterocycles. The highest BCUT2D eigenvalue weighted by Crippen LogP contribution is 2.39. The molecule has 0 saturated heterocycles. The van der Waals surface area contributed by atoms with Crippen LogP contribution in [-0.2, 0) is 9.59 Å². The lowest BCUT2D eigenvalue weighted by atomic mass is 9.75. The molecule has 1 N–H and O–H groups in total. The second-order valence-corrected chi connectivity index (χ2v) is 8.99. The van der Waals surface area contributed by atoms with E-state index >= 15 is 0 Å². The minimum atomic E-state index is -1.04. The third-order valence-electron chi connectivity index (χ3n) is 4.59. The summed E-state index contributed by atoms with van der Waals surface area (Å²) in [4.78, 5) is 25.2. The minimum Gasteiger partial charge on any atom is -0.324 e. The van der Waals surface area contributed by atoms with Crippen molar-refractivity contribution in [2.45, 2.75) is 64.7 Å². The molecule has 0 bridgehead atoms. The topological polar surface area (TPSA) is 46.2 Å². The number of hydrogen-bond acceptors (Lipinski definition) is 3. The molecule has 138 valence electrons. The molecule has 1 aliphatic carbocycles. The smallest absolute Gasteiger partial charge is 0.230 e. The van der Waals surface area contributed by atoms with Gasteiger partial charge in [0, 0.05) is 21.8 Å². The van der Waals surface area contributed by atoms with E-state index in [1.807, 2.05) is 6.92 Å². The third-order valence-corrected chi connectivity index (χ3v) is 5.95. The van der Waals surface area contributed by atoms with E-state index < -0.39 is 22.5 Å². The molecule has 1 aromatic carbocycles. The summed E-state index contributed by atoms with van der Waals surface area (Å²) >= 11 is 0.827. The number of carbonyl (C=O) groups excluding carboxylic acids is 2. The normalized spacial score (nSPS) is 17.2. The van der Waals surface area contributed by atoms with E-state index in [4.69, 9.17) is 0 Å². The van der Waals surface area contributed by atoms with Crippen molar-refractivity contribution in [2.75, 3.05) is 5.32 Å². The summed E-state index contributed by atoms with van der Waals surface area (Å²) in [6, 6.07) is 1.93. The lowest BCUT2D eigenvalue weighted by molar-refractivity contribution is -0.126. The van der Waals surface area contributed by atoms with Gasteiger partial charge in [-0.15, -0.1) is 0 Å². The molecule has 1 aliphatic rings. The van der Waals surface area contributed by atoms with Crippen molar-refractivity contribution in [1.29, 1.82) is 0 Å². The van der Waals surface area contributed by atoms with Gasteiger partial charge in [0.05, 0.1) is 5.69 Å². The number of halogens is 2. The van der Waals surface area contributed by atoms with Gasteiger partial charge in [-0.25, -0.2) is 8.78 Å². The summed E-state index contributed by atoms with van der Waals surface area (Å²) in [5.74, 6) is -2.29. The molecule has 2 rings (SSSR count). The summed E-state index contributed by atoms with van der Waals surface area (Å²) in [6.45, 7) is 7.16. The number of rotatable bonds is 3. The van der Waals surface area contributed by atoms with Crippen LogP contribution in [0.1, 0.15) is 59.8 Å². The molecule has 6 heteroatoms. The van der Waals surface area contributed by atoms with Gasteiger partial charge in [-0.1, -0.05) is 47.0 Å². The molecule has 25 heavy (non-hydrogen) atoms. The number of carbonyl (C=O) groups is 2. The molecule has 0 aliphatic heterocycles. The molecule has 1 aromatic rings. The molecule has 0 spiro atoms. The van der Waals surface area contributed by atoms with Crippen molar-refractivity contribution in [2.24, 2.45) is 10.8 Å². The maximum Gasteiger partial charge on any atom is 0.230 e. The lowest BCUT2D eigenvalue weighted by Crippen LogP contribution is -2.35. The second-order valence-electron chi connectivity index (χ2n) is 7.98. The molecule has 1 amide bonds. The zero-order valence-electron chi connectivity index (χ0n) is 15.2. The van der Waals surface area contributed by atoms with Crippen molar-refractivity contribution in [1.82, 2.24) is 0 Å². The summed E-state index contributed by atoms with van der Waals surface area (Å²) in [5, 5.41) is 2.54. The van der Waals surface area contributed by atoms with Gasteiger partial charge in [-0.3, -0.25) is 9.59 Å². The second kappa shape index (κ2) is 7.44. The molecule has 0 heterocycles.